The molecule has 0 radical (unpaired) electrons. The Balaban J connectivity index is 2.21. The van der Waals surface area contributed by atoms with Crippen molar-refractivity contribution in [2.45, 2.75) is 50.8 Å². The molecule has 0 atom stereocenters. The van der Waals surface area contributed by atoms with Crippen LogP contribution in [0.1, 0.15) is 50.2 Å². The summed E-state index contributed by atoms with van der Waals surface area (Å²) in [6.45, 7) is 7.96. The lowest BCUT2D eigenvalue weighted by molar-refractivity contribution is 0.142. The van der Waals surface area contributed by atoms with Gasteiger partial charge in [-0.15, -0.1) is 11.8 Å². The van der Waals surface area contributed by atoms with Crippen LogP contribution in [0.3, 0.4) is 0 Å². The Labute approximate surface area is 132 Å². The standard InChI is InChI=1S/C17H25NO2S/c1-12(2)14-11-16(21-4)13(3)10-15(14)20-17(19)18-8-6-5-7-9-18/h10-12H,5-9H2,1-4H3. The number of likely N-dealkylation sites (tertiary alicyclic amines) is 1. The van der Waals surface area contributed by atoms with Crippen LogP contribution in [-0.2, 0) is 0 Å². The fourth-order valence-electron chi connectivity index (χ4n) is 2.67. The van der Waals surface area contributed by atoms with Crippen molar-refractivity contribution in [2.24, 2.45) is 0 Å². The van der Waals surface area contributed by atoms with Gasteiger partial charge in [0.25, 0.3) is 0 Å². The van der Waals surface area contributed by atoms with Gasteiger partial charge in [-0.05, 0) is 61.6 Å². The smallest absolute Gasteiger partial charge is 0.410 e. The van der Waals surface area contributed by atoms with Crippen LogP contribution in [0.5, 0.6) is 5.75 Å². The monoisotopic (exact) mass is 307 g/mol. The third-order valence-electron chi connectivity index (χ3n) is 3.96. The number of amides is 1. The average Bonchev–Trinajstić information content (AvgIpc) is 2.48. The van der Waals surface area contributed by atoms with Crippen molar-refractivity contribution in [1.82, 2.24) is 4.90 Å². The van der Waals surface area contributed by atoms with Crippen molar-refractivity contribution >= 4 is 17.9 Å². The summed E-state index contributed by atoms with van der Waals surface area (Å²) in [5.41, 5.74) is 2.27. The summed E-state index contributed by atoms with van der Waals surface area (Å²) < 4.78 is 5.70. The van der Waals surface area contributed by atoms with E-state index < -0.39 is 0 Å². The number of hydrogen-bond acceptors (Lipinski definition) is 3. The van der Waals surface area contributed by atoms with E-state index in [0.29, 0.717) is 5.92 Å². The fraction of sp³-hybridized carbons (Fsp3) is 0.588. The van der Waals surface area contributed by atoms with Crippen molar-refractivity contribution in [2.75, 3.05) is 19.3 Å². The number of carbonyl (C=O) groups excluding carboxylic acids is 1. The number of hydrogen-bond donors (Lipinski definition) is 0. The van der Waals surface area contributed by atoms with Gasteiger partial charge >= 0.3 is 6.09 Å². The second-order valence-electron chi connectivity index (χ2n) is 5.93. The van der Waals surface area contributed by atoms with E-state index >= 15 is 0 Å². The van der Waals surface area contributed by atoms with Crippen molar-refractivity contribution in [3.63, 3.8) is 0 Å². The molecule has 0 unspecified atom stereocenters. The number of ether oxygens (including phenoxy) is 1. The summed E-state index contributed by atoms with van der Waals surface area (Å²) >= 11 is 1.73. The molecule has 1 amide bonds. The molecule has 1 saturated heterocycles. The highest BCUT2D eigenvalue weighted by Gasteiger charge is 2.21. The van der Waals surface area contributed by atoms with Gasteiger partial charge in [0, 0.05) is 18.0 Å². The molecule has 4 heteroatoms. The topological polar surface area (TPSA) is 29.5 Å². The first-order chi connectivity index (χ1) is 10.0. The van der Waals surface area contributed by atoms with Crippen molar-refractivity contribution in [3.05, 3.63) is 23.3 Å². The van der Waals surface area contributed by atoms with Crippen molar-refractivity contribution in [1.29, 1.82) is 0 Å². The molecule has 116 valence electrons. The molecular formula is C17H25NO2S. The summed E-state index contributed by atoms with van der Waals surface area (Å²) in [5, 5.41) is 0. The molecule has 1 aliphatic rings. The van der Waals surface area contributed by atoms with Gasteiger partial charge in [-0.3, -0.25) is 0 Å². The number of aryl methyl sites for hydroxylation is 1. The van der Waals surface area contributed by atoms with Crippen LogP contribution in [0, 0.1) is 6.92 Å². The minimum absolute atomic E-state index is 0.201. The van der Waals surface area contributed by atoms with Crippen molar-refractivity contribution < 1.29 is 9.53 Å². The van der Waals surface area contributed by atoms with Gasteiger partial charge in [-0.25, -0.2) is 4.79 Å². The zero-order valence-corrected chi connectivity index (χ0v) is 14.3. The Hall–Kier alpha value is -1.16. The predicted molar refractivity (Wildman–Crippen MR) is 88.5 cm³/mol. The highest BCUT2D eigenvalue weighted by molar-refractivity contribution is 7.98. The van der Waals surface area contributed by atoms with E-state index in [1.54, 1.807) is 11.8 Å². The minimum Gasteiger partial charge on any atom is -0.410 e. The molecule has 1 aromatic rings. The Kier molecular flexibility index (Phi) is 5.57. The first-order valence-corrected chi connectivity index (χ1v) is 8.90. The van der Waals surface area contributed by atoms with Crippen LogP contribution in [0.2, 0.25) is 0 Å². The first kappa shape index (κ1) is 16.2. The van der Waals surface area contributed by atoms with E-state index in [9.17, 15) is 4.79 Å². The molecule has 1 aliphatic heterocycles. The maximum Gasteiger partial charge on any atom is 0.415 e. The molecule has 3 nitrogen and oxygen atoms in total. The van der Waals surface area contributed by atoms with E-state index in [2.05, 4.69) is 33.1 Å². The lowest BCUT2D eigenvalue weighted by atomic mass is 10.0. The van der Waals surface area contributed by atoms with Crippen LogP contribution in [-0.4, -0.2) is 30.3 Å². The molecule has 0 aliphatic carbocycles. The lowest BCUT2D eigenvalue weighted by Crippen LogP contribution is -2.37. The number of nitrogens with zero attached hydrogens (tertiary/aromatic N) is 1. The van der Waals surface area contributed by atoms with Crippen LogP contribution < -0.4 is 4.74 Å². The Morgan fingerprint density at radius 1 is 1.24 bits per heavy atom. The van der Waals surface area contributed by atoms with E-state index in [4.69, 9.17) is 4.74 Å². The summed E-state index contributed by atoms with van der Waals surface area (Å²) in [7, 11) is 0. The summed E-state index contributed by atoms with van der Waals surface area (Å²) in [6.07, 6.45) is 5.24. The van der Waals surface area contributed by atoms with Crippen LogP contribution in [0.25, 0.3) is 0 Å². The van der Waals surface area contributed by atoms with Crippen molar-refractivity contribution in [3.8, 4) is 5.75 Å². The van der Waals surface area contributed by atoms with Gasteiger partial charge in [-0.1, -0.05) is 13.8 Å². The molecule has 0 spiro atoms. The maximum absolute atomic E-state index is 12.3. The number of rotatable bonds is 3. The third kappa shape index (κ3) is 3.94. The number of piperidine rings is 1. The number of carbonyl (C=O) groups is 1. The highest BCUT2D eigenvalue weighted by Crippen LogP contribution is 2.33. The largest absolute Gasteiger partial charge is 0.415 e. The second-order valence-corrected chi connectivity index (χ2v) is 6.78. The summed E-state index contributed by atoms with van der Waals surface area (Å²) in [6, 6.07) is 4.16. The number of thioether (sulfide) groups is 1. The fourth-order valence-corrected chi connectivity index (χ4v) is 3.30. The molecule has 1 fully saturated rings. The van der Waals surface area contributed by atoms with E-state index in [1.165, 1.54) is 11.3 Å². The predicted octanol–water partition coefficient (Wildman–Crippen LogP) is 4.83. The van der Waals surface area contributed by atoms with E-state index in [-0.39, 0.29) is 6.09 Å². The quantitative estimate of drug-likeness (QED) is 0.749. The Morgan fingerprint density at radius 2 is 1.90 bits per heavy atom. The van der Waals surface area contributed by atoms with Gasteiger partial charge in [0.05, 0.1) is 0 Å². The van der Waals surface area contributed by atoms with Crippen LogP contribution >= 0.6 is 11.8 Å². The zero-order valence-electron chi connectivity index (χ0n) is 13.4. The van der Waals surface area contributed by atoms with Crippen LogP contribution in [0.4, 0.5) is 4.79 Å². The normalized spacial score (nSPS) is 15.4. The van der Waals surface area contributed by atoms with E-state index in [1.807, 2.05) is 11.0 Å². The molecular weight excluding hydrogens is 282 g/mol. The Bertz CT molecular complexity index is 508. The van der Waals surface area contributed by atoms with E-state index in [0.717, 1.165) is 42.8 Å². The Morgan fingerprint density at radius 3 is 2.48 bits per heavy atom. The molecule has 1 heterocycles. The third-order valence-corrected chi connectivity index (χ3v) is 4.84. The second kappa shape index (κ2) is 7.21. The zero-order chi connectivity index (χ0) is 15.4. The molecule has 2 rings (SSSR count). The van der Waals surface area contributed by atoms with Gasteiger partial charge in [0.1, 0.15) is 5.75 Å². The lowest BCUT2D eigenvalue weighted by Gasteiger charge is -2.26. The van der Waals surface area contributed by atoms with Crippen LogP contribution in [0.15, 0.2) is 17.0 Å². The molecule has 0 aromatic heterocycles. The minimum atomic E-state index is -0.201. The van der Waals surface area contributed by atoms with Gasteiger partial charge in [-0.2, -0.15) is 0 Å². The maximum atomic E-state index is 12.3. The van der Waals surface area contributed by atoms with Gasteiger partial charge < -0.3 is 9.64 Å². The van der Waals surface area contributed by atoms with Gasteiger partial charge in [0.15, 0.2) is 0 Å². The molecule has 21 heavy (non-hydrogen) atoms. The molecule has 1 aromatic carbocycles. The molecule has 0 N–H and O–H groups in total. The number of benzene rings is 1. The highest BCUT2D eigenvalue weighted by atomic mass is 32.2. The first-order valence-electron chi connectivity index (χ1n) is 7.68. The summed E-state index contributed by atoms with van der Waals surface area (Å²) in [4.78, 5) is 15.4. The van der Waals surface area contributed by atoms with Gasteiger partial charge in [0.2, 0.25) is 0 Å². The molecule has 0 saturated carbocycles. The average molecular weight is 307 g/mol. The summed E-state index contributed by atoms with van der Waals surface area (Å²) in [5.74, 6) is 1.05. The molecule has 0 bridgehead atoms. The SMILES string of the molecule is CSc1cc(C(C)C)c(OC(=O)N2CCCCC2)cc1C.